The number of hydrogen-bond acceptors (Lipinski definition) is 4. The molecule has 3 aromatic rings. The Morgan fingerprint density at radius 2 is 1.74 bits per heavy atom. The Hall–Kier alpha value is -2.77. The highest BCUT2D eigenvalue weighted by atomic mass is 32.2. The summed E-state index contributed by atoms with van der Waals surface area (Å²) in [6.07, 6.45) is 1.64. The van der Waals surface area contributed by atoms with Gasteiger partial charge in [0.2, 0.25) is 15.9 Å². The summed E-state index contributed by atoms with van der Waals surface area (Å²) in [5.74, 6) is -0.148. The first-order chi connectivity index (χ1) is 12.9. The van der Waals surface area contributed by atoms with Gasteiger partial charge in [0.25, 0.3) is 0 Å². The molecule has 0 fully saturated rings. The van der Waals surface area contributed by atoms with Gasteiger partial charge in [-0.3, -0.25) is 9.78 Å². The van der Waals surface area contributed by atoms with Gasteiger partial charge in [-0.25, -0.2) is 13.1 Å². The standard InChI is InChI=1S/C20H21N3O3S/c1-14(2)15-8-10-17(11-9-15)27(25,26)22-13-19(24)23-18-7-3-5-16-6-4-12-21-20(16)18/h3-12,14,22H,13H2,1-2H3,(H,23,24). The molecule has 1 amide bonds. The molecule has 0 aliphatic rings. The molecule has 7 heteroatoms. The highest BCUT2D eigenvalue weighted by Crippen LogP contribution is 2.20. The van der Waals surface area contributed by atoms with Crippen molar-refractivity contribution in [3.05, 3.63) is 66.4 Å². The minimum absolute atomic E-state index is 0.131. The number of rotatable bonds is 6. The Labute approximate surface area is 158 Å². The van der Waals surface area contributed by atoms with E-state index in [4.69, 9.17) is 0 Å². The van der Waals surface area contributed by atoms with E-state index >= 15 is 0 Å². The number of fused-ring (bicyclic) bond motifs is 1. The summed E-state index contributed by atoms with van der Waals surface area (Å²) >= 11 is 0. The number of amides is 1. The maximum Gasteiger partial charge on any atom is 0.241 e. The van der Waals surface area contributed by atoms with Gasteiger partial charge < -0.3 is 5.32 Å². The van der Waals surface area contributed by atoms with Crippen molar-refractivity contribution in [3.8, 4) is 0 Å². The Morgan fingerprint density at radius 1 is 1.04 bits per heavy atom. The minimum Gasteiger partial charge on any atom is -0.323 e. The fraction of sp³-hybridized carbons (Fsp3) is 0.200. The molecule has 2 aromatic carbocycles. The van der Waals surface area contributed by atoms with Crippen LogP contribution in [0, 0.1) is 0 Å². The Kier molecular flexibility index (Phi) is 5.53. The summed E-state index contributed by atoms with van der Waals surface area (Å²) in [6.45, 7) is 3.71. The van der Waals surface area contributed by atoms with Gasteiger partial charge in [0.1, 0.15) is 0 Å². The van der Waals surface area contributed by atoms with Crippen molar-refractivity contribution < 1.29 is 13.2 Å². The third kappa shape index (κ3) is 4.50. The Morgan fingerprint density at radius 3 is 2.44 bits per heavy atom. The predicted octanol–water partition coefficient (Wildman–Crippen LogP) is 3.28. The molecule has 0 radical (unpaired) electrons. The fourth-order valence-electron chi connectivity index (χ4n) is 2.68. The molecule has 140 valence electrons. The van der Waals surface area contributed by atoms with Gasteiger partial charge in [-0.1, -0.05) is 44.2 Å². The molecule has 0 aliphatic carbocycles. The van der Waals surface area contributed by atoms with E-state index in [1.165, 1.54) is 0 Å². The lowest BCUT2D eigenvalue weighted by molar-refractivity contribution is -0.115. The summed E-state index contributed by atoms with van der Waals surface area (Å²) < 4.78 is 27.1. The molecule has 0 spiro atoms. The van der Waals surface area contributed by atoms with Crippen LogP contribution in [0.25, 0.3) is 10.9 Å². The first-order valence-electron chi connectivity index (χ1n) is 8.60. The molecule has 6 nitrogen and oxygen atoms in total. The van der Waals surface area contributed by atoms with Crippen LogP contribution in [0.3, 0.4) is 0 Å². The number of pyridine rings is 1. The number of sulfonamides is 1. The quantitative estimate of drug-likeness (QED) is 0.684. The zero-order valence-corrected chi connectivity index (χ0v) is 16.0. The average molecular weight is 383 g/mol. The monoisotopic (exact) mass is 383 g/mol. The summed E-state index contributed by atoms with van der Waals surface area (Å²) in [5.41, 5.74) is 2.24. The second kappa shape index (κ2) is 7.85. The Balaban J connectivity index is 1.67. The van der Waals surface area contributed by atoms with E-state index in [-0.39, 0.29) is 11.4 Å². The van der Waals surface area contributed by atoms with E-state index in [1.54, 1.807) is 42.6 Å². The van der Waals surface area contributed by atoms with E-state index in [1.807, 2.05) is 32.0 Å². The van der Waals surface area contributed by atoms with Crippen LogP contribution in [-0.4, -0.2) is 25.9 Å². The van der Waals surface area contributed by atoms with Crippen LogP contribution in [0.4, 0.5) is 5.69 Å². The molecule has 3 rings (SSSR count). The van der Waals surface area contributed by atoms with Gasteiger partial charge in [0, 0.05) is 11.6 Å². The van der Waals surface area contributed by atoms with Gasteiger partial charge in [-0.2, -0.15) is 0 Å². The van der Waals surface area contributed by atoms with Gasteiger partial charge in [-0.05, 0) is 35.7 Å². The smallest absolute Gasteiger partial charge is 0.241 e. The SMILES string of the molecule is CC(C)c1ccc(S(=O)(=O)NCC(=O)Nc2cccc3cccnc23)cc1. The second-order valence-electron chi connectivity index (χ2n) is 6.48. The number of para-hydroxylation sites is 1. The molecule has 2 N–H and O–H groups in total. The van der Waals surface area contributed by atoms with E-state index < -0.39 is 15.9 Å². The molecular formula is C20H21N3O3S. The minimum atomic E-state index is -3.76. The molecule has 0 saturated carbocycles. The summed E-state index contributed by atoms with van der Waals surface area (Å²) in [7, 11) is -3.76. The van der Waals surface area contributed by atoms with E-state index in [0.717, 1.165) is 10.9 Å². The van der Waals surface area contributed by atoms with Crippen LogP contribution in [0.1, 0.15) is 25.3 Å². The zero-order chi connectivity index (χ0) is 19.4. The van der Waals surface area contributed by atoms with Gasteiger partial charge in [-0.15, -0.1) is 0 Å². The van der Waals surface area contributed by atoms with E-state index in [0.29, 0.717) is 17.1 Å². The fourth-order valence-corrected chi connectivity index (χ4v) is 3.66. The molecule has 0 atom stereocenters. The highest BCUT2D eigenvalue weighted by Gasteiger charge is 2.16. The largest absolute Gasteiger partial charge is 0.323 e. The predicted molar refractivity (Wildman–Crippen MR) is 106 cm³/mol. The van der Waals surface area contributed by atoms with Gasteiger partial charge >= 0.3 is 0 Å². The van der Waals surface area contributed by atoms with Crippen molar-refractivity contribution in [1.82, 2.24) is 9.71 Å². The zero-order valence-electron chi connectivity index (χ0n) is 15.1. The molecule has 0 saturated heterocycles. The van der Waals surface area contributed by atoms with Crippen molar-refractivity contribution in [2.24, 2.45) is 0 Å². The molecule has 0 aliphatic heterocycles. The molecule has 1 aromatic heterocycles. The molecule has 0 bridgehead atoms. The normalized spacial score (nSPS) is 11.7. The maximum absolute atomic E-state index is 12.4. The number of aromatic nitrogens is 1. The van der Waals surface area contributed by atoms with Crippen LogP contribution in [0.2, 0.25) is 0 Å². The number of nitrogens with one attached hydrogen (secondary N) is 2. The first kappa shape index (κ1) is 19.0. The van der Waals surface area contributed by atoms with Crippen LogP contribution < -0.4 is 10.0 Å². The van der Waals surface area contributed by atoms with E-state index in [2.05, 4.69) is 15.0 Å². The number of carbonyl (C=O) groups is 1. The lowest BCUT2D eigenvalue weighted by atomic mass is 10.0. The topological polar surface area (TPSA) is 88.2 Å². The number of nitrogens with zero attached hydrogens (tertiary/aromatic N) is 1. The number of carbonyl (C=O) groups excluding carboxylic acids is 1. The summed E-state index contributed by atoms with van der Waals surface area (Å²) in [4.78, 5) is 16.6. The maximum atomic E-state index is 12.4. The molecule has 27 heavy (non-hydrogen) atoms. The first-order valence-corrected chi connectivity index (χ1v) is 10.1. The molecule has 1 heterocycles. The van der Waals surface area contributed by atoms with Crippen molar-refractivity contribution in [3.63, 3.8) is 0 Å². The third-order valence-electron chi connectivity index (χ3n) is 4.19. The van der Waals surface area contributed by atoms with Crippen LogP contribution in [0.5, 0.6) is 0 Å². The van der Waals surface area contributed by atoms with Crippen molar-refractivity contribution in [2.75, 3.05) is 11.9 Å². The lowest BCUT2D eigenvalue weighted by Crippen LogP contribution is -2.33. The van der Waals surface area contributed by atoms with Gasteiger partial charge in [0.05, 0.1) is 22.6 Å². The second-order valence-corrected chi connectivity index (χ2v) is 8.24. The third-order valence-corrected chi connectivity index (χ3v) is 5.60. The van der Waals surface area contributed by atoms with Crippen molar-refractivity contribution >= 4 is 32.5 Å². The molecule has 0 unspecified atom stereocenters. The average Bonchev–Trinajstić information content (AvgIpc) is 2.67. The number of hydrogen-bond donors (Lipinski definition) is 2. The highest BCUT2D eigenvalue weighted by molar-refractivity contribution is 7.89. The van der Waals surface area contributed by atoms with Crippen LogP contribution in [-0.2, 0) is 14.8 Å². The molecular weight excluding hydrogens is 362 g/mol. The number of benzene rings is 2. The van der Waals surface area contributed by atoms with Crippen molar-refractivity contribution in [2.45, 2.75) is 24.7 Å². The summed E-state index contributed by atoms with van der Waals surface area (Å²) in [6, 6.07) is 15.8. The van der Waals surface area contributed by atoms with Crippen molar-refractivity contribution in [1.29, 1.82) is 0 Å². The van der Waals surface area contributed by atoms with Gasteiger partial charge in [0.15, 0.2) is 0 Å². The lowest BCUT2D eigenvalue weighted by Gasteiger charge is -2.10. The van der Waals surface area contributed by atoms with E-state index in [9.17, 15) is 13.2 Å². The van der Waals surface area contributed by atoms with Crippen LogP contribution >= 0.6 is 0 Å². The Bertz CT molecular complexity index is 1060. The van der Waals surface area contributed by atoms with Crippen LogP contribution in [0.15, 0.2) is 65.7 Å². The number of anilines is 1. The summed E-state index contributed by atoms with van der Waals surface area (Å²) in [5, 5.41) is 3.59.